The number of carboxylic acids is 1. The van der Waals surface area contributed by atoms with Crippen molar-refractivity contribution in [2.75, 3.05) is 5.32 Å². The molecule has 88 valence electrons. The van der Waals surface area contributed by atoms with E-state index >= 15 is 0 Å². The van der Waals surface area contributed by atoms with Crippen molar-refractivity contribution in [3.8, 4) is 0 Å². The summed E-state index contributed by atoms with van der Waals surface area (Å²) in [6.45, 7) is 1.91. The maximum Gasteiger partial charge on any atom is 0.307 e. The number of carboxylic acid groups (broad SMARTS) is 1. The first-order valence-corrected chi connectivity index (χ1v) is 6.11. The van der Waals surface area contributed by atoms with Crippen LogP contribution < -0.4 is 5.32 Å². The molecule has 1 saturated carbocycles. The topological polar surface area (TPSA) is 66.4 Å². The van der Waals surface area contributed by atoms with Gasteiger partial charge in [0, 0.05) is 15.7 Å². The van der Waals surface area contributed by atoms with E-state index in [0.29, 0.717) is 6.42 Å². The predicted molar refractivity (Wildman–Crippen MR) is 64.9 cm³/mol. The number of hydrogen-bond acceptors (Lipinski definition) is 2. The number of halogens is 1. The molecule has 1 aromatic rings. The van der Waals surface area contributed by atoms with Gasteiger partial charge in [0.05, 0.1) is 11.3 Å². The Morgan fingerprint density at radius 1 is 1.59 bits per heavy atom. The number of nitrogens with one attached hydrogen (secondary N) is 1. The second-order valence-corrected chi connectivity index (χ2v) is 5.49. The summed E-state index contributed by atoms with van der Waals surface area (Å²) < 4.78 is 0.806. The zero-order valence-electron chi connectivity index (χ0n) is 9.08. The van der Waals surface area contributed by atoms with Gasteiger partial charge in [0.1, 0.15) is 0 Å². The minimum absolute atomic E-state index is 0.185. The molecule has 2 unspecified atom stereocenters. The van der Waals surface area contributed by atoms with Crippen LogP contribution in [0, 0.1) is 12.8 Å². The lowest BCUT2D eigenvalue weighted by Crippen LogP contribution is -2.24. The second-order valence-electron chi connectivity index (χ2n) is 4.63. The smallest absolute Gasteiger partial charge is 0.307 e. The lowest BCUT2D eigenvalue weighted by Gasteiger charge is -2.09. The normalized spacial score (nSPS) is 29.1. The molecule has 0 bridgehead atoms. The van der Waals surface area contributed by atoms with E-state index in [1.54, 1.807) is 0 Å². The van der Waals surface area contributed by atoms with Gasteiger partial charge in [-0.1, -0.05) is 22.0 Å². The van der Waals surface area contributed by atoms with E-state index in [1.165, 1.54) is 0 Å². The molecule has 2 atom stereocenters. The zero-order chi connectivity index (χ0) is 12.4. The van der Waals surface area contributed by atoms with E-state index in [2.05, 4.69) is 21.2 Å². The van der Waals surface area contributed by atoms with Gasteiger partial charge >= 0.3 is 5.97 Å². The summed E-state index contributed by atoms with van der Waals surface area (Å²) in [5.41, 5.74) is 1.71. The molecule has 2 N–H and O–H groups in total. The van der Waals surface area contributed by atoms with Gasteiger partial charge in [0.25, 0.3) is 0 Å². The van der Waals surface area contributed by atoms with Crippen LogP contribution in [0.3, 0.4) is 0 Å². The second kappa shape index (κ2) is 3.10. The Bertz CT molecular complexity index is 569. The predicted octanol–water partition coefficient (Wildman–Crippen LogP) is 2.05. The number of carbonyl (C=O) groups excluding carboxylic acids is 1. The Morgan fingerprint density at radius 2 is 2.29 bits per heavy atom. The molecule has 1 spiro atoms. The molecule has 0 radical (unpaired) electrons. The summed E-state index contributed by atoms with van der Waals surface area (Å²) in [7, 11) is 0. The first kappa shape index (κ1) is 10.8. The van der Waals surface area contributed by atoms with Crippen LogP contribution in [0.2, 0.25) is 0 Å². The van der Waals surface area contributed by atoms with Gasteiger partial charge in [-0.25, -0.2) is 0 Å². The molecule has 4 nitrogen and oxygen atoms in total. The van der Waals surface area contributed by atoms with Crippen LogP contribution in [0.1, 0.15) is 17.5 Å². The van der Waals surface area contributed by atoms with Crippen LogP contribution in [0.25, 0.3) is 0 Å². The average Bonchev–Trinajstić information content (AvgIpc) is 2.92. The van der Waals surface area contributed by atoms with Crippen molar-refractivity contribution in [3.05, 3.63) is 27.7 Å². The highest BCUT2D eigenvalue weighted by Crippen LogP contribution is 2.62. The minimum Gasteiger partial charge on any atom is -0.481 e. The van der Waals surface area contributed by atoms with Gasteiger partial charge in [-0.15, -0.1) is 0 Å². The molecule has 0 aromatic heterocycles. The van der Waals surface area contributed by atoms with Crippen molar-refractivity contribution in [2.45, 2.75) is 18.8 Å². The standard InChI is InChI=1S/C12H10BrNO3/c1-5-2-3-7(13)8-9(5)14-11(17)12(8)4-6(12)10(15)16/h2-3,6H,4H2,1H3,(H,14,17)(H,15,16). The molecule has 5 heteroatoms. The largest absolute Gasteiger partial charge is 0.481 e. The summed E-state index contributed by atoms with van der Waals surface area (Å²) in [4.78, 5) is 23.1. The fourth-order valence-electron chi connectivity index (χ4n) is 2.71. The Hall–Kier alpha value is -1.36. The van der Waals surface area contributed by atoms with Crippen LogP contribution in [0.5, 0.6) is 0 Å². The van der Waals surface area contributed by atoms with Crippen LogP contribution in [-0.4, -0.2) is 17.0 Å². The molecule has 1 aromatic carbocycles. The fourth-order valence-corrected chi connectivity index (χ4v) is 3.39. The molecule has 0 saturated heterocycles. The lowest BCUT2D eigenvalue weighted by molar-refractivity contribution is -0.140. The first-order valence-electron chi connectivity index (χ1n) is 5.32. The van der Waals surface area contributed by atoms with Crippen LogP contribution in [0.15, 0.2) is 16.6 Å². The van der Waals surface area contributed by atoms with Crippen LogP contribution >= 0.6 is 15.9 Å². The van der Waals surface area contributed by atoms with Crippen LogP contribution in [0.4, 0.5) is 5.69 Å². The SMILES string of the molecule is Cc1ccc(Br)c2c1NC(=O)C21CC1C(=O)O. The van der Waals surface area contributed by atoms with Gasteiger partial charge in [0.15, 0.2) is 0 Å². The number of carbonyl (C=O) groups is 2. The highest BCUT2D eigenvalue weighted by molar-refractivity contribution is 9.10. The number of rotatable bonds is 1. The van der Waals surface area contributed by atoms with E-state index in [1.807, 2.05) is 19.1 Å². The van der Waals surface area contributed by atoms with Crippen LogP contribution in [-0.2, 0) is 15.0 Å². The number of anilines is 1. The zero-order valence-corrected chi connectivity index (χ0v) is 10.7. The molecular weight excluding hydrogens is 286 g/mol. The molecule has 1 aliphatic carbocycles. The maximum absolute atomic E-state index is 12.0. The van der Waals surface area contributed by atoms with Crippen molar-refractivity contribution in [1.29, 1.82) is 0 Å². The van der Waals surface area contributed by atoms with Crippen molar-refractivity contribution < 1.29 is 14.7 Å². The van der Waals surface area contributed by atoms with Gasteiger partial charge in [-0.2, -0.15) is 0 Å². The van der Waals surface area contributed by atoms with Crippen molar-refractivity contribution in [2.24, 2.45) is 5.92 Å². The average molecular weight is 296 g/mol. The summed E-state index contributed by atoms with van der Waals surface area (Å²) in [6, 6.07) is 3.77. The Balaban J connectivity index is 2.22. The van der Waals surface area contributed by atoms with E-state index in [0.717, 1.165) is 21.3 Å². The Labute approximate surface area is 106 Å². The molecule has 1 amide bonds. The number of amides is 1. The number of hydrogen-bond donors (Lipinski definition) is 2. The molecule has 3 rings (SSSR count). The van der Waals surface area contributed by atoms with Gasteiger partial charge < -0.3 is 10.4 Å². The van der Waals surface area contributed by atoms with Gasteiger partial charge in [-0.3, -0.25) is 9.59 Å². The van der Waals surface area contributed by atoms with E-state index in [9.17, 15) is 9.59 Å². The van der Waals surface area contributed by atoms with Crippen molar-refractivity contribution in [3.63, 3.8) is 0 Å². The monoisotopic (exact) mass is 295 g/mol. The molecule has 1 heterocycles. The molecular formula is C12H10BrNO3. The van der Waals surface area contributed by atoms with E-state index in [4.69, 9.17) is 5.11 Å². The first-order chi connectivity index (χ1) is 7.98. The summed E-state index contributed by atoms with van der Waals surface area (Å²) in [5.74, 6) is -1.68. The summed E-state index contributed by atoms with van der Waals surface area (Å²) in [6.07, 6.45) is 0.392. The molecule has 17 heavy (non-hydrogen) atoms. The minimum atomic E-state index is -0.901. The number of aryl methyl sites for hydroxylation is 1. The highest BCUT2D eigenvalue weighted by Gasteiger charge is 2.69. The lowest BCUT2D eigenvalue weighted by atomic mass is 9.93. The molecule has 1 aliphatic heterocycles. The highest BCUT2D eigenvalue weighted by atomic mass is 79.9. The Kier molecular flexibility index (Phi) is 1.96. The number of benzene rings is 1. The Morgan fingerprint density at radius 3 is 2.88 bits per heavy atom. The van der Waals surface area contributed by atoms with E-state index < -0.39 is 17.3 Å². The van der Waals surface area contributed by atoms with Crippen molar-refractivity contribution >= 4 is 33.5 Å². The summed E-state index contributed by atoms with van der Waals surface area (Å²) in [5, 5.41) is 11.9. The summed E-state index contributed by atoms with van der Waals surface area (Å²) >= 11 is 3.42. The quantitative estimate of drug-likeness (QED) is 0.833. The fraction of sp³-hybridized carbons (Fsp3) is 0.333. The van der Waals surface area contributed by atoms with Crippen molar-refractivity contribution in [1.82, 2.24) is 0 Å². The third kappa shape index (κ3) is 1.17. The third-order valence-electron chi connectivity index (χ3n) is 3.71. The van der Waals surface area contributed by atoms with E-state index in [-0.39, 0.29) is 5.91 Å². The molecule has 1 fully saturated rings. The number of fused-ring (bicyclic) bond motifs is 2. The van der Waals surface area contributed by atoms with Gasteiger partial charge in [0.2, 0.25) is 5.91 Å². The number of aliphatic carboxylic acids is 1. The maximum atomic E-state index is 12.0. The third-order valence-corrected chi connectivity index (χ3v) is 4.37. The molecule has 2 aliphatic rings. The van der Waals surface area contributed by atoms with Gasteiger partial charge in [-0.05, 0) is 25.0 Å².